The van der Waals surface area contributed by atoms with Gasteiger partial charge >= 0.3 is 6.09 Å². The number of nitrogens with zero attached hydrogens (tertiary/aromatic N) is 3. The van der Waals surface area contributed by atoms with Gasteiger partial charge in [0.2, 0.25) is 5.28 Å². The Bertz CT molecular complexity index is 1090. The van der Waals surface area contributed by atoms with E-state index in [2.05, 4.69) is 21.4 Å². The summed E-state index contributed by atoms with van der Waals surface area (Å²) >= 11 is 5.91. The molecule has 1 aromatic heterocycles. The van der Waals surface area contributed by atoms with Gasteiger partial charge in [-0.1, -0.05) is 36.4 Å². The van der Waals surface area contributed by atoms with E-state index in [0.29, 0.717) is 11.5 Å². The first kappa shape index (κ1) is 22.3. The maximum atomic E-state index is 12.0. The molecule has 0 radical (unpaired) electrons. The predicted octanol–water partition coefficient (Wildman–Crippen LogP) is 6.42. The summed E-state index contributed by atoms with van der Waals surface area (Å²) in [6.07, 6.45) is 5.15. The molecule has 160 valence electrons. The number of ether oxygens (including phenoxy) is 1. The van der Waals surface area contributed by atoms with E-state index < -0.39 is 11.7 Å². The second-order valence-electron chi connectivity index (χ2n) is 7.92. The molecular formula is C24H25ClN4O2. The Labute approximate surface area is 187 Å². The average molecular weight is 437 g/mol. The Morgan fingerprint density at radius 3 is 2.42 bits per heavy atom. The van der Waals surface area contributed by atoms with Crippen molar-refractivity contribution in [2.75, 3.05) is 17.3 Å². The van der Waals surface area contributed by atoms with Crippen molar-refractivity contribution in [3.63, 3.8) is 0 Å². The summed E-state index contributed by atoms with van der Waals surface area (Å²) in [5.41, 5.74) is 3.07. The van der Waals surface area contributed by atoms with E-state index in [0.717, 1.165) is 16.8 Å². The van der Waals surface area contributed by atoms with Crippen LogP contribution in [-0.2, 0) is 4.74 Å². The second-order valence-corrected chi connectivity index (χ2v) is 8.26. The highest BCUT2D eigenvalue weighted by atomic mass is 35.5. The lowest BCUT2D eigenvalue weighted by Crippen LogP contribution is -2.27. The number of rotatable bonds is 5. The molecule has 7 heteroatoms. The highest BCUT2D eigenvalue weighted by Gasteiger charge is 2.16. The molecule has 3 rings (SSSR count). The van der Waals surface area contributed by atoms with Crippen molar-refractivity contribution in [3.05, 3.63) is 77.2 Å². The van der Waals surface area contributed by atoms with E-state index in [1.54, 1.807) is 12.3 Å². The largest absolute Gasteiger partial charge is 0.444 e. The number of hydrogen-bond acceptors (Lipinski definition) is 5. The molecule has 31 heavy (non-hydrogen) atoms. The van der Waals surface area contributed by atoms with Gasteiger partial charge in [-0.05, 0) is 73.8 Å². The maximum Gasteiger partial charge on any atom is 0.412 e. The number of aromatic nitrogens is 2. The van der Waals surface area contributed by atoms with Gasteiger partial charge in [0, 0.05) is 24.6 Å². The quantitative estimate of drug-likeness (QED) is 0.369. The minimum absolute atomic E-state index is 0.209. The lowest BCUT2D eigenvalue weighted by atomic mass is 10.1. The van der Waals surface area contributed by atoms with E-state index in [-0.39, 0.29) is 5.28 Å². The molecular weight excluding hydrogens is 412 g/mol. The van der Waals surface area contributed by atoms with Gasteiger partial charge in [-0.3, -0.25) is 5.32 Å². The van der Waals surface area contributed by atoms with Crippen LogP contribution in [-0.4, -0.2) is 28.7 Å². The topological polar surface area (TPSA) is 67.4 Å². The molecule has 0 saturated heterocycles. The number of carbonyl (C=O) groups excluding carboxylic acids is 1. The van der Waals surface area contributed by atoms with E-state index in [1.807, 2.05) is 87.3 Å². The fraction of sp³-hybridized carbons (Fsp3) is 0.208. The smallest absolute Gasteiger partial charge is 0.412 e. The molecule has 2 aromatic carbocycles. The van der Waals surface area contributed by atoms with Crippen molar-refractivity contribution in [1.29, 1.82) is 0 Å². The number of carbonyl (C=O) groups is 1. The lowest BCUT2D eigenvalue weighted by molar-refractivity contribution is 0.0636. The van der Waals surface area contributed by atoms with Crippen LogP contribution in [0.2, 0.25) is 5.28 Å². The molecule has 0 fully saturated rings. The van der Waals surface area contributed by atoms with Crippen LogP contribution in [0.4, 0.5) is 22.0 Å². The van der Waals surface area contributed by atoms with Crippen LogP contribution in [0.15, 0.2) is 60.8 Å². The summed E-state index contributed by atoms with van der Waals surface area (Å²) < 4.78 is 5.30. The zero-order valence-electron chi connectivity index (χ0n) is 18.0. The molecule has 3 aromatic rings. The van der Waals surface area contributed by atoms with E-state index in [9.17, 15) is 4.79 Å². The number of amides is 1. The zero-order valence-corrected chi connectivity index (χ0v) is 18.7. The van der Waals surface area contributed by atoms with E-state index in [4.69, 9.17) is 16.3 Å². The molecule has 1 heterocycles. The first-order valence-electron chi connectivity index (χ1n) is 9.80. The third-order valence-corrected chi connectivity index (χ3v) is 4.39. The van der Waals surface area contributed by atoms with Gasteiger partial charge in [0.15, 0.2) is 0 Å². The summed E-state index contributed by atoms with van der Waals surface area (Å²) in [5, 5.41) is 2.97. The van der Waals surface area contributed by atoms with Crippen LogP contribution in [0.5, 0.6) is 0 Å². The first-order valence-corrected chi connectivity index (χ1v) is 10.2. The van der Waals surface area contributed by atoms with Gasteiger partial charge < -0.3 is 9.64 Å². The Hall–Kier alpha value is -3.38. The Balaban J connectivity index is 1.72. The molecule has 0 saturated carbocycles. The molecule has 0 unspecified atom stereocenters. The first-order chi connectivity index (χ1) is 14.7. The summed E-state index contributed by atoms with van der Waals surface area (Å²) in [4.78, 5) is 22.1. The van der Waals surface area contributed by atoms with Crippen LogP contribution in [0, 0.1) is 0 Å². The van der Waals surface area contributed by atoms with Crippen LogP contribution in [0.25, 0.3) is 12.2 Å². The molecule has 1 N–H and O–H groups in total. The van der Waals surface area contributed by atoms with Crippen molar-refractivity contribution >= 4 is 47.0 Å². The standard InChI is InChI=1S/C24H25ClN4O2/c1-24(2,3)31-23(30)27-19-9-5-7-17(15-19)11-12-18-8-6-10-20(16-18)29(4)21-13-14-26-22(25)28-21/h5-16H,1-4H3,(H,27,30)/b12-11+. The third-order valence-electron chi connectivity index (χ3n) is 4.21. The fourth-order valence-electron chi connectivity index (χ4n) is 2.82. The zero-order chi connectivity index (χ0) is 22.4. The molecule has 0 spiro atoms. The van der Waals surface area contributed by atoms with Gasteiger partial charge in [0.1, 0.15) is 11.4 Å². The fourth-order valence-corrected chi connectivity index (χ4v) is 2.96. The van der Waals surface area contributed by atoms with Crippen LogP contribution >= 0.6 is 11.6 Å². The molecule has 0 atom stereocenters. The van der Waals surface area contributed by atoms with E-state index >= 15 is 0 Å². The third kappa shape index (κ3) is 6.83. The van der Waals surface area contributed by atoms with Crippen LogP contribution in [0.1, 0.15) is 31.9 Å². The van der Waals surface area contributed by atoms with Crippen molar-refractivity contribution in [2.24, 2.45) is 0 Å². The van der Waals surface area contributed by atoms with Crippen LogP contribution < -0.4 is 10.2 Å². The number of nitrogens with one attached hydrogen (secondary N) is 1. The molecule has 1 amide bonds. The monoisotopic (exact) mass is 436 g/mol. The Kier molecular flexibility index (Phi) is 6.92. The molecule has 0 aliphatic rings. The van der Waals surface area contributed by atoms with Crippen molar-refractivity contribution in [2.45, 2.75) is 26.4 Å². The number of hydrogen-bond donors (Lipinski definition) is 1. The summed E-state index contributed by atoms with van der Waals surface area (Å²) in [6.45, 7) is 5.49. The van der Waals surface area contributed by atoms with Crippen molar-refractivity contribution in [1.82, 2.24) is 9.97 Å². The van der Waals surface area contributed by atoms with Gasteiger partial charge in [0.05, 0.1) is 0 Å². The minimum Gasteiger partial charge on any atom is -0.444 e. The highest BCUT2D eigenvalue weighted by Crippen LogP contribution is 2.24. The number of benzene rings is 2. The lowest BCUT2D eigenvalue weighted by Gasteiger charge is -2.19. The average Bonchev–Trinajstić information content (AvgIpc) is 2.71. The highest BCUT2D eigenvalue weighted by molar-refractivity contribution is 6.28. The van der Waals surface area contributed by atoms with Crippen molar-refractivity contribution in [3.8, 4) is 0 Å². The maximum absolute atomic E-state index is 12.0. The normalized spacial score (nSPS) is 11.4. The van der Waals surface area contributed by atoms with Gasteiger partial charge in [-0.15, -0.1) is 0 Å². The summed E-state index contributed by atoms with van der Waals surface area (Å²) in [7, 11) is 1.92. The van der Waals surface area contributed by atoms with Crippen LogP contribution in [0.3, 0.4) is 0 Å². The van der Waals surface area contributed by atoms with Gasteiger partial charge in [-0.25, -0.2) is 14.8 Å². The number of halogens is 1. The summed E-state index contributed by atoms with van der Waals surface area (Å²) in [5.74, 6) is 0.710. The Morgan fingerprint density at radius 1 is 1.06 bits per heavy atom. The number of anilines is 3. The minimum atomic E-state index is -0.545. The van der Waals surface area contributed by atoms with Crippen molar-refractivity contribution < 1.29 is 9.53 Å². The summed E-state index contributed by atoms with van der Waals surface area (Å²) in [6, 6.07) is 17.4. The molecule has 0 aliphatic heterocycles. The predicted molar refractivity (Wildman–Crippen MR) is 127 cm³/mol. The molecule has 0 bridgehead atoms. The van der Waals surface area contributed by atoms with Gasteiger partial charge in [-0.2, -0.15) is 0 Å². The van der Waals surface area contributed by atoms with Gasteiger partial charge in [0.25, 0.3) is 0 Å². The second kappa shape index (κ2) is 9.62. The molecule has 6 nitrogen and oxygen atoms in total. The molecule has 0 aliphatic carbocycles. The van der Waals surface area contributed by atoms with E-state index in [1.165, 1.54) is 0 Å². The Morgan fingerprint density at radius 2 is 1.74 bits per heavy atom. The SMILES string of the molecule is CN(c1cccc(/C=C/c2cccc(NC(=O)OC(C)(C)C)c2)c1)c1ccnc(Cl)n1.